The van der Waals surface area contributed by atoms with E-state index < -0.39 is 10.8 Å². The molecule has 33 heavy (non-hydrogen) atoms. The summed E-state index contributed by atoms with van der Waals surface area (Å²) in [7, 11) is 2.81. The molecule has 1 saturated heterocycles. The van der Waals surface area contributed by atoms with Crippen molar-refractivity contribution in [1.29, 1.82) is 0 Å². The topological polar surface area (TPSA) is 104 Å². The standard InChI is InChI=1S/C23H25N3O6S/c1-13-7-8-14(2)21-20(13)24-23(33-21)25(12-15-6-5-9-32-15)22(27)16-10-18(30-3)19(31-4)11-17(16)26(28)29/h7-8,10-11,15H,5-6,9,12H2,1-4H3. The number of anilines is 1. The highest BCUT2D eigenvalue weighted by molar-refractivity contribution is 7.22. The number of fused-ring (bicyclic) bond motifs is 1. The molecule has 9 nitrogen and oxygen atoms in total. The molecule has 10 heteroatoms. The van der Waals surface area contributed by atoms with Gasteiger partial charge in [-0.2, -0.15) is 0 Å². The van der Waals surface area contributed by atoms with Gasteiger partial charge in [-0.25, -0.2) is 4.98 Å². The second-order valence-electron chi connectivity index (χ2n) is 7.91. The van der Waals surface area contributed by atoms with Crippen LogP contribution in [0.4, 0.5) is 10.8 Å². The number of rotatable bonds is 7. The lowest BCUT2D eigenvalue weighted by molar-refractivity contribution is -0.385. The second-order valence-corrected chi connectivity index (χ2v) is 8.88. The van der Waals surface area contributed by atoms with E-state index in [0.29, 0.717) is 11.7 Å². The van der Waals surface area contributed by atoms with Gasteiger partial charge in [0, 0.05) is 12.7 Å². The van der Waals surface area contributed by atoms with Crippen LogP contribution in [-0.4, -0.2) is 49.3 Å². The van der Waals surface area contributed by atoms with E-state index in [4.69, 9.17) is 19.2 Å². The van der Waals surface area contributed by atoms with E-state index in [1.54, 1.807) is 0 Å². The van der Waals surface area contributed by atoms with Crippen LogP contribution in [0.1, 0.15) is 34.3 Å². The smallest absolute Gasteiger partial charge is 0.286 e. The lowest BCUT2D eigenvalue weighted by Crippen LogP contribution is -2.37. The summed E-state index contributed by atoms with van der Waals surface area (Å²) in [4.78, 5) is 31.3. The Kier molecular flexibility index (Phi) is 6.48. The minimum atomic E-state index is -0.591. The highest BCUT2D eigenvalue weighted by atomic mass is 32.1. The number of ether oxygens (including phenoxy) is 3. The Morgan fingerprint density at radius 1 is 1.24 bits per heavy atom. The fourth-order valence-corrected chi connectivity index (χ4v) is 5.06. The molecule has 0 aliphatic carbocycles. The van der Waals surface area contributed by atoms with Gasteiger partial charge in [0.1, 0.15) is 5.56 Å². The van der Waals surface area contributed by atoms with E-state index in [-0.39, 0.29) is 35.4 Å². The van der Waals surface area contributed by atoms with Gasteiger partial charge in [0.25, 0.3) is 11.6 Å². The molecule has 1 fully saturated rings. The average molecular weight is 472 g/mol. The number of benzene rings is 2. The van der Waals surface area contributed by atoms with Gasteiger partial charge in [-0.1, -0.05) is 23.5 Å². The number of hydrogen-bond donors (Lipinski definition) is 0. The molecular weight excluding hydrogens is 446 g/mol. The van der Waals surface area contributed by atoms with E-state index >= 15 is 0 Å². The number of hydrogen-bond acceptors (Lipinski definition) is 8. The van der Waals surface area contributed by atoms with Crippen molar-refractivity contribution in [2.75, 3.05) is 32.3 Å². The first-order valence-electron chi connectivity index (χ1n) is 10.5. The Balaban J connectivity index is 1.85. The first-order chi connectivity index (χ1) is 15.8. The van der Waals surface area contributed by atoms with Gasteiger partial charge in [-0.3, -0.25) is 19.8 Å². The Hall–Kier alpha value is -3.24. The summed E-state index contributed by atoms with van der Waals surface area (Å²) in [5, 5.41) is 12.3. The molecule has 0 spiro atoms. The van der Waals surface area contributed by atoms with Crippen LogP contribution in [-0.2, 0) is 4.74 Å². The SMILES string of the molecule is COc1cc(C(=O)N(CC2CCCO2)c2nc3c(C)ccc(C)c3s2)c([N+](=O)[O-])cc1OC. The normalized spacial score (nSPS) is 15.6. The van der Waals surface area contributed by atoms with Crippen molar-refractivity contribution < 1.29 is 23.9 Å². The first-order valence-corrected chi connectivity index (χ1v) is 11.4. The minimum Gasteiger partial charge on any atom is -0.493 e. The van der Waals surface area contributed by atoms with Crippen molar-refractivity contribution in [2.45, 2.75) is 32.8 Å². The van der Waals surface area contributed by atoms with Crippen LogP contribution < -0.4 is 14.4 Å². The molecular formula is C23H25N3O6S. The summed E-state index contributed by atoms with van der Waals surface area (Å²) in [5.41, 5.74) is 2.43. The van der Waals surface area contributed by atoms with Crippen molar-refractivity contribution in [3.63, 3.8) is 0 Å². The third-order valence-corrected chi connectivity index (χ3v) is 6.96. The molecule has 2 heterocycles. The molecule has 2 aromatic carbocycles. The highest BCUT2D eigenvalue weighted by Crippen LogP contribution is 2.38. The van der Waals surface area contributed by atoms with E-state index in [9.17, 15) is 14.9 Å². The fourth-order valence-electron chi connectivity index (χ4n) is 3.94. The van der Waals surface area contributed by atoms with E-state index in [1.165, 1.54) is 42.6 Å². The van der Waals surface area contributed by atoms with Crippen molar-refractivity contribution >= 4 is 38.3 Å². The van der Waals surface area contributed by atoms with Crippen LogP contribution >= 0.6 is 11.3 Å². The molecule has 0 radical (unpaired) electrons. The number of nitro benzene ring substituents is 1. The van der Waals surface area contributed by atoms with E-state index in [2.05, 4.69) is 0 Å². The third kappa shape index (κ3) is 4.36. The maximum absolute atomic E-state index is 13.8. The van der Waals surface area contributed by atoms with E-state index in [0.717, 1.165) is 34.2 Å². The Morgan fingerprint density at radius 3 is 2.55 bits per heavy atom. The van der Waals surface area contributed by atoms with Crippen molar-refractivity contribution in [3.05, 3.63) is 51.1 Å². The molecule has 1 unspecified atom stereocenters. The van der Waals surface area contributed by atoms with Crippen LogP contribution in [0.25, 0.3) is 10.2 Å². The predicted molar refractivity (Wildman–Crippen MR) is 126 cm³/mol. The van der Waals surface area contributed by atoms with Gasteiger partial charge >= 0.3 is 0 Å². The molecule has 174 valence electrons. The Morgan fingerprint density at radius 2 is 1.94 bits per heavy atom. The van der Waals surface area contributed by atoms with Crippen LogP contribution in [0.15, 0.2) is 24.3 Å². The number of nitro groups is 1. The molecule has 1 amide bonds. The molecule has 0 N–H and O–H groups in total. The monoisotopic (exact) mass is 471 g/mol. The molecule has 4 rings (SSSR count). The lowest BCUT2D eigenvalue weighted by Gasteiger charge is -2.23. The zero-order valence-corrected chi connectivity index (χ0v) is 19.7. The largest absolute Gasteiger partial charge is 0.493 e. The number of carbonyl (C=O) groups excluding carboxylic acids is 1. The van der Waals surface area contributed by atoms with Gasteiger partial charge in [0.2, 0.25) is 0 Å². The lowest BCUT2D eigenvalue weighted by atomic mass is 10.1. The summed E-state index contributed by atoms with van der Waals surface area (Å²) >= 11 is 1.40. The van der Waals surface area contributed by atoms with Gasteiger partial charge in [0.15, 0.2) is 16.6 Å². The Bertz CT molecular complexity index is 1180. The van der Waals surface area contributed by atoms with E-state index in [1.807, 2.05) is 26.0 Å². The number of aryl methyl sites for hydroxylation is 2. The maximum Gasteiger partial charge on any atom is 0.286 e. The van der Waals surface area contributed by atoms with Gasteiger partial charge in [0.05, 0.1) is 48.1 Å². The average Bonchev–Trinajstić information content (AvgIpc) is 3.49. The predicted octanol–water partition coefficient (Wildman–Crippen LogP) is 4.66. The van der Waals surface area contributed by atoms with Crippen molar-refractivity contribution in [1.82, 2.24) is 4.98 Å². The molecule has 1 aliphatic heterocycles. The van der Waals surface area contributed by atoms with Gasteiger partial charge in [-0.05, 0) is 37.8 Å². The zero-order chi connectivity index (χ0) is 23.7. The first kappa shape index (κ1) is 22.9. The summed E-state index contributed by atoms with van der Waals surface area (Å²) in [6.07, 6.45) is 1.55. The molecule has 0 saturated carbocycles. The van der Waals surface area contributed by atoms with Crippen LogP contribution in [0.2, 0.25) is 0 Å². The number of amides is 1. The number of thiazole rings is 1. The summed E-state index contributed by atoms with van der Waals surface area (Å²) < 4.78 is 17.3. The number of aromatic nitrogens is 1. The molecule has 0 bridgehead atoms. The third-order valence-electron chi connectivity index (χ3n) is 5.75. The van der Waals surface area contributed by atoms with Crippen LogP contribution in [0, 0.1) is 24.0 Å². The van der Waals surface area contributed by atoms with Crippen molar-refractivity contribution in [2.24, 2.45) is 0 Å². The number of nitrogens with zero attached hydrogens (tertiary/aromatic N) is 3. The van der Waals surface area contributed by atoms with Gasteiger partial charge < -0.3 is 14.2 Å². The summed E-state index contributed by atoms with van der Waals surface area (Å²) in [5.74, 6) is -0.121. The zero-order valence-electron chi connectivity index (χ0n) is 18.9. The highest BCUT2D eigenvalue weighted by Gasteiger charge is 2.32. The van der Waals surface area contributed by atoms with Gasteiger partial charge in [-0.15, -0.1) is 0 Å². The van der Waals surface area contributed by atoms with Crippen molar-refractivity contribution in [3.8, 4) is 11.5 Å². The quantitative estimate of drug-likeness (QED) is 0.364. The molecule has 3 aromatic rings. The molecule has 1 aliphatic rings. The fraction of sp³-hybridized carbons (Fsp3) is 0.391. The second kappa shape index (κ2) is 9.32. The molecule has 1 atom stereocenters. The Labute approximate surface area is 195 Å². The van der Waals surface area contributed by atoms with Crippen LogP contribution in [0.3, 0.4) is 0 Å². The summed E-state index contributed by atoms with van der Waals surface area (Å²) in [6, 6.07) is 6.58. The van der Waals surface area contributed by atoms with Crippen LogP contribution in [0.5, 0.6) is 11.5 Å². The number of methoxy groups -OCH3 is 2. The summed E-state index contributed by atoms with van der Waals surface area (Å²) in [6.45, 7) is 4.84. The minimum absolute atomic E-state index is 0.0941. The maximum atomic E-state index is 13.8. The molecule has 1 aromatic heterocycles. The number of carbonyl (C=O) groups is 1.